The Labute approximate surface area is 539 Å². The van der Waals surface area contributed by atoms with Gasteiger partial charge in [-0.2, -0.15) is 0 Å². The third kappa shape index (κ3) is 57.4. The molecule has 0 aromatic rings. The first-order valence-electron chi connectivity index (χ1n) is 38.3. The molecule has 0 radical (unpaired) electrons. The predicted octanol–water partition coefficient (Wildman–Crippen LogP) is 19.4. The molecule has 0 unspecified atom stereocenters. The van der Waals surface area contributed by atoms with Crippen molar-refractivity contribution < 1.29 is 38.1 Å². The Morgan fingerprint density at radius 2 is 0.529 bits per heavy atom. The SMILES string of the molecule is CCCCCCCCCCCCCOC(=O)CCN(CCCN1CCN(CCCN(CCC(=O)OCCCCCCCCCCCCC)CCC(=O)OCCCCCCCCCCCCC)[C@H](C)C1)CCC(=O)OCCCCCCCCCCCCC. The molecule has 0 aliphatic carbocycles. The van der Waals surface area contributed by atoms with Gasteiger partial charge in [0, 0.05) is 51.9 Å². The van der Waals surface area contributed by atoms with Crippen LogP contribution in [0.1, 0.15) is 356 Å². The molecule has 12 nitrogen and oxygen atoms in total. The van der Waals surface area contributed by atoms with Gasteiger partial charge in [-0.25, -0.2) is 0 Å². The van der Waals surface area contributed by atoms with Crippen LogP contribution in [0.4, 0.5) is 0 Å². The summed E-state index contributed by atoms with van der Waals surface area (Å²) in [6, 6.07) is 0.407. The van der Waals surface area contributed by atoms with Crippen LogP contribution in [0.3, 0.4) is 0 Å². The molecule has 87 heavy (non-hydrogen) atoms. The van der Waals surface area contributed by atoms with Gasteiger partial charge in [0.05, 0.1) is 52.1 Å². The zero-order valence-corrected chi connectivity index (χ0v) is 58.6. The molecule has 0 aromatic heterocycles. The smallest absolute Gasteiger partial charge is 0.307 e. The van der Waals surface area contributed by atoms with E-state index in [-0.39, 0.29) is 23.9 Å². The standard InChI is InChI=1S/C75H146N4O8/c1-6-10-14-18-22-26-30-34-38-42-46-66-84-72(80)52-60-76(61-53-73(81)85-67-47-43-39-35-31-27-23-19-15-11-7-2)56-50-58-78-64-65-79(71(5)70-78)59-51-57-77(62-54-74(82)86-68-48-44-40-36-32-28-24-20-16-12-8-3)63-55-75(83)87-69-49-45-41-37-33-29-25-21-17-13-9-4/h71H,6-70H2,1-5H3/t71-/m1/s1. The van der Waals surface area contributed by atoms with Crippen molar-refractivity contribution in [3.8, 4) is 0 Å². The van der Waals surface area contributed by atoms with Gasteiger partial charge in [0.1, 0.15) is 0 Å². The van der Waals surface area contributed by atoms with Crippen LogP contribution in [0.25, 0.3) is 0 Å². The Morgan fingerprint density at radius 3 is 0.770 bits per heavy atom. The van der Waals surface area contributed by atoms with E-state index in [1.54, 1.807) is 0 Å². The number of hydrogen-bond donors (Lipinski definition) is 0. The summed E-state index contributed by atoms with van der Waals surface area (Å²) >= 11 is 0. The van der Waals surface area contributed by atoms with Crippen LogP contribution in [0.2, 0.25) is 0 Å². The van der Waals surface area contributed by atoms with Crippen LogP contribution in [0, 0.1) is 0 Å². The summed E-state index contributed by atoms with van der Waals surface area (Å²) in [6.45, 7) is 22.3. The van der Waals surface area contributed by atoms with Crippen molar-refractivity contribution in [3.63, 3.8) is 0 Å². The fourth-order valence-electron chi connectivity index (χ4n) is 12.4. The van der Waals surface area contributed by atoms with Gasteiger partial charge in [-0.1, -0.05) is 285 Å². The molecule has 514 valence electrons. The minimum Gasteiger partial charge on any atom is -0.466 e. The molecule has 1 fully saturated rings. The molecule has 0 N–H and O–H groups in total. The lowest BCUT2D eigenvalue weighted by Gasteiger charge is -2.40. The molecule has 1 saturated heterocycles. The van der Waals surface area contributed by atoms with E-state index < -0.39 is 0 Å². The lowest BCUT2D eigenvalue weighted by atomic mass is 10.1. The first kappa shape index (κ1) is 82.7. The molecule has 0 spiro atoms. The van der Waals surface area contributed by atoms with E-state index in [0.29, 0.717) is 84.3 Å². The second kappa shape index (κ2) is 65.2. The van der Waals surface area contributed by atoms with E-state index >= 15 is 0 Å². The number of carbonyl (C=O) groups is 4. The Hall–Kier alpha value is -2.28. The third-order valence-corrected chi connectivity index (χ3v) is 18.3. The minimum absolute atomic E-state index is 0.140. The van der Waals surface area contributed by atoms with Crippen molar-refractivity contribution in [1.82, 2.24) is 19.6 Å². The van der Waals surface area contributed by atoms with Crippen molar-refractivity contribution in [2.45, 2.75) is 362 Å². The number of ether oxygens (including phenoxy) is 4. The van der Waals surface area contributed by atoms with Crippen LogP contribution < -0.4 is 0 Å². The zero-order valence-electron chi connectivity index (χ0n) is 58.6. The second-order valence-electron chi connectivity index (χ2n) is 26.6. The number of carbonyl (C=O) groups excluding carboxylic acids is 4. The highest BCUT2D eigenvalue weighted by atomic mass is 16.5. The quantitative estimate of drug-likeness (QED) is 0.0328. The van der Waals surface area contributed by atoms with E-state index in [2.05, 4.69) is 54.2 Å². The minimum atomic E-state index is -0.140. The summed E-state index contributed by atoms with van der Waals surface area (Å²) in [7, 11) is 0. The lowest BCUT2D eigenvalue weighted by molar-refractivity contribution is -0.146. The summed E-state index contributed by atoms with van der Waals surface area (Å²) in [5, 5.41) is 0. The third-order valence-electron chi connectivity index (χ3n) is 18.3. The van der Waals surface area contributed by atoms with Crippen molar-refractivity contribution in [3.05, 3.63) is 0 Å². The Balaban J connectivity index is 2.63. The number of rotatable bonds is 68. The molecular weight excluding hydrogens is 1080 g/mol. The zero-order chi connectivity index (χ0) is 63.0. The summed E-state index contributed by atoms with van der Waals surface area (Å²) in [6.07, 6.45) is 59.0. The summed E-state index contributed by atoms with van der Waals surface area (Å²) in [5.74, 6) is -0.559. The van der Waals surface area contributed by atoms with Gasteiger partial charge in [-0.15, -0.1) is 0 Å². The molecule has 0 aromatic carbocycles. The van der Waals surface area contributed by atoms with Crippen LogP contribution in [0.5, 0.6) is 0 Å². The fraction of sp³-hybridized carbons (Fsp3) is 0.947. The number of hydrogen-bond acceptors (Lipinski definition) is 12. The van der Waals surface area contributed by atoms with Gasteiger partial charge in [0.2, 0.25) is 0 Å². The van der Waals surface area contributed by atoms with Crippen molar-refractivity contribution in [2.24, 2.45) is 0 Å². The van der Waals surface area contributed by atoms with E-state index in [1.165, 1.54) is 231 Å². The largest absolute Gasteiger partial charge is 0.466 e. The molecule has 0 amide bonds. The van der Waals surface area contributed by atoms with Crippen molar-refractivity contribution in [1.29, 1.82) is 0 Å². The van der Waals surface area contributed by atoms with E-state index in [0.717, 1.165) is 110 Å². The van der Waals surface area contributed by atoms with Crippen LogP contribution in [-0.4, -0.2) is 148 Å². The number of esters is 4. The average Bonchev–Trinajstić information content (AvgIpc) is 3.71. The van der Waals surface area contributed by atoms with Crippen LogP contribution in [-0.2, 0) is 38.1 Å². The summed E-state index contributed by atoms with van der Waals surface area (Å²) in [4.78, 5) is 61.5. The van der Waals surface area contributed by atoms with Crippen LogP contribution >= 0.6 is 0 Å². The number of unbranched alkanes of at least 4 members (excludes halogenated alkanes) is 40. The predicted molar refractivity (Wildman–Crippen MR) is 368 cm³/mol. The first-order valence-corrected chi connectivity index (χ1v) is 38.3. The van der Waals surface area contributed by atoms with Gasteiger partial charge in [0.25, 0.3) is 0 Å². The van der Waals surface area contributed by atoms with Gasteiger partial charge in [-0.05, 0) is 71.6 Å². The van der Waals surface area contributed by atoms with Gasteiger partial charge >= 0.3 is 23.9 Å². The molecule has 1 atom stereocenters. The maximum atomic E-state index is 12.9. The maximum absolute atomic E-state index is 12.9. The van der Waals surface area contributed by atoms with E-state index in [1.807, 2.05) is 0 Å². The molecule has 1 aliphatic heterocycles. The Morgan fingerprint density at radius 1 is 0.299 bits per heavy atom. The highest BCUT2D eigenvalue weighted by molar-refractivity contribution is 5.71. The van der Waals surface area contributed by atoms with Crippen molar-refractivity contribution in [2.75, 3.05) is 98.4 Å². The van der Waals surface area contributed by atoms with E-state index in [9.17, 15) is 19.2 Å². The van der Waals surface area contributed by atoms with Crippen molar-refractivity contribution >= 4 is 23.9 Å². The molecule has 1 aliphatic rings. The highest BCUT2D eigenvalue weighted by Crippen LogP contribution is 2.17. The van der Waals surface area contributed by atoms with E-state index in [4.69, 9.17) is 18.9 Å². The topological polar surface area (TPSA) is 118 Å². The average molecular weight is 1230 g/mol. The molecular formula is C75H146N4O8. The monoisotopic (exact) mass is 1230 g/mol. The molecule has 1 heterocycles. The molecule has 0 bridgehead atoms. The first-order chi connectivity index (χ1) is 42.7. The fourth-order valence-corrected chi connectivity index (χ4v) is 12.4. The Bertz CT molecular complexity index is 1420. The summed E-state index contributed by atoms with van der Waals surface area (Å²) in [5.41, 5.74) is 0. The molecule has 1 rings (SSSR count). The normalized spacial score (nSPS) is 13.9. The second-order valence-corrected chi connectivity index (χ2v) is 26.6. The van der Waals surface area contributed by atoms with Crippen LogP contribution in [0.15, 0.2) is 0 Å². The van der Waals surface area contributed by atoms with Gasteiger partial charge in [-0.3, -0.25) is 24.1 Å². The highest BCUT2D eigenvalue weighted by Gasteiger charge is 2.24. The summed E-state index contributed by atoms with van der Waals surface area (Å²) < 4.78 is 22.8. The number of piperazine rings is 1. The van der Waals surface area contributed by atoms with Gasteiger partial charge < -0.3 is 33.6 Å². The Kier molecular flexibility index (Phi) is 62.0. The maximum Gasteiger partial charge on any atom is 0.307 e. The number of nitrogens with zero attached hydrogens (tertiary/aromatic N) is 4. The lowest BCUT2D eigenvalue weighted by Crippen LogP contribution is -2.52. The molecule has 12 heteroatoms. The van der Waals surface area contributed by atoms with Gasteiger partial charge in [0.15, 0.2) is 0 Å². The molecule has 0 saturated carbocycles.